The molecule has 1 aromatic heterocycles. The van der Waals surface area contributed by atoms with Crippen LogP contribution in [0, 0.1) is 11.5 Å². The predicted molar refractivity (Wildman–Crippen MR) is 52.0 cm³/mol. The molecule has 0 atom stereocenters. The monoisotopic (exact) mass is 232 g/mol. The van der Waals surface area contributed by atoms with E-state index in [1.165, 1.54) is 0 Å². The van der Waals surface area contributed by atoms with E-state index in [9.17, 15) is 0 Å². The van der Waals surface area contributed by atoms with Gasteiger partial charge in [-0.3, -0.25) is 6.08 Å². The van der Waals surface area contributed by atoms with Gasteiger partial charge >= 0.3 is 21.7 Å². The summed E-state index contributed by atoms with van der Waals surface area (Å²) in [6.45, 7) is 0. The number of hydrogen-bond acceptors (Lipinski definition) is 1. The summed E-state index contributed by atoms with van der Waals surface area (Å²) >= 11 is 1.59. The predicted octanol–water partition coefficient (Wildman–Crippen LogP) is 3.27. The number of thiophene rings is 1. The van der Waals surface area contributed by atoms with Crippen molar-refractivity contribution in [2.75, 3.05) is 0 Å². The van der Waals surface area contributed by atoms with E-state index in [4.69, 9.17) is 0 Å². The van der Waals surface area contributed by atoms with Crippen LogP contribution in [0.5, 0.6) is 0 Å². The smallest absolute Gasteiger partial charge is 0.304 e. The van der Waals surface area contributed by atoms with Gasteiger partial charge in [-0.2, -0.15) is 17.5 Å². The van der Waals surface area contributed by atoms with Crippen molar-refractivity contribution >= 4 is 23.7 Å². The largest absolute Gasteiger partial charge is 2.00 e. The Morgan fingerprint density at radius 3 is 2.33 bits per heavy atom. The summed E-state index contributed by atoms with van der Waals surface area (Å²) in [5, 5.41) is 4.89. The Hall–Kier alpha value is 0.184. The van der Waals surface area contributed by atoms with Gasteiger partial charge in [-0.25, -0.2) is 18.2 Å². The van der Waals surface area contributed by atoms with E-state index in [1.54, 1.807) is 11.3 Å². The number of allylic oxidation sites excluding steroid dienone is 4. The second-order valence-electron chi connectivity index (χ2n) is 1.73. The van der Waals surface area contributed by atoms with Crippen LogP contribution in [-0.4, -0.2) is 0 Å². The first-order valence-electron chi connectivity index (χ1n) is 3.11. The van der Waals surface area contributed by atoms with Crippen LogP contribution in [0.25, 0.3) is 0 Å². The Labute approximate surface area is 98.7 Å². The molecule has 3 heteroatoms. The SMILES string of the molecule is Cl.[C-]1=CC=CC1.[Ti+2].[c-]1cccs1. The van der Waals surface area contributed by atoms with E-state index in [1.807, 2.05) is 29.7 Å². The van der Waals surface area contributed by atoms with Gasteiger partial charge in [0.25, 0.3) is 0 Å². The summed E-state index contributed by atoms with van der Waals surface area (Å²) < 4.78 is 0. The standard InChI is InChI=1S/C5H5.C4H3S.ClH.Ti/c2*1-2-4-5-3-1;;/h1-3H,4H2;1-3H;1H;/q2*-1;;+2. The molecule has 2 rings (SSSR count). The minimum absolute atomic E-state index is 0. The number of halogens is 1. The molecule has 1 aliphatic rings. The van der Waals surface area contributed by atoms with Crippen LogP contribution in [0.3, 0.4) is 0 Å². The average Bonchev–Trinajstić information content (AvgIpc) is 2.67. The van der Waals surface area contributed by atoms with Crippen molar-refractivity contribution in [3.05, 3.63) is 47.2 Å². The fraction of sp³-hybridized carbons (Fsp3) is 0.111. The van der Waals surface area contributed by atoms with Crippen LogP contribution in [-0.2, 0) is 21.7 Å². The molecule has 0 nitrogen and oxygen atoms in total. The van der Waals surface area contributed by atoms with Crippen LogP contribution >= 0.6 is 23.7 Å². The van der Waals surface area contributed by atoms with Crippen LogP contribution < -0.4 is 0 Å². The molecular formula is C9H9ClSTi. The average molecular weight is 233 g/mol. The molecule has 1 aliphatic carbocycles. The first-order valence-corrected chi connectivity index (χ1v) is 3.99. The summed E-state index contributed by atoms with van der Waals surface area (Å²) in [7, 11) is 0. The van der Waals surface area contributed by atoms with Gasteiger partial charge < -0.3 is 11.3 Å². The molecule has 12 heavy (non-hydrogen) atoms. The molecule has 0 saturated heterocycles. The Morgan fingerprint density at radius 2 is 2.17 bits per heavy atom. The quantitative estimate of drug-likeness (QED) is 0.476. The Balaban J connectivity index is 0. The normalized spacial score (nSPS) is 10.7. The van der Waals surface area contributed by atoms with Crippen LogP contribution in [0.15, 0.2) is 35.7 Å². The molecule has 0 aromatic carbocycles. The number of hydrogen-bond donors (Lipinski definition) is 0. The summed E-state index contributed by atoms with van der Waals surface area (Å²) in [6.07, 6.45) is 10.0. The van der Waals surface area contributed by atoms with Crippen molar-refractivity contribution in [2.45, 2.75) is 6.42 Å². The Bertz CT molecular complexity index is 177. The van der Waals surface area contributed by atoms with Gasteiger partial charge in [-0.1, -0.05) is 0 Å². The third-order valence-electron chi connectivity index (χ3n) is 0.965. The molecule has 1 heterocycles. The van der Waals surface area contributed by atoms with Gasteiger partial charge in [0.1, 0.15) is 0 Å². The van der Waals surface area contributed by atoms with E-state index in [0.717, 1.165) is 6.42 Å². The molecule has 0 amide bonds. The van der Waals surface area contributed by atoms with Crippen molar-refractivity contribution in [3.63, 3.8) is 0 Å². The van der Waals surface area contributed by atoms with Gasteiger partial charge in [0.15, 0.2) is 0 Å². The molecule has 0 saturated carbocycles. The van der Waals surface area contributed by atoms with Gasteiger partial charge in [0.05, 0.1) is 0 Å². The molecule has 0 fully saturated rings. The fourth-order valence-corrected chi connectivity index (χ4v) is 0.929. The van der Waals surface area contributed by atoms with Gasteiger partial charge in [-0.15, -0.1) is 24.2 Å². The zero-order valence-corrected chi connectivity index (χ0v) is 9.68. The van der Waals surface area contributed by atoms with Crippen molar-refractivity contribution in [1.29, 1.82) is 0 Å². The molecule has 0 unspecified atom stereocenters. The van der Waals surface area contributed by atoms with Crippen molar-refractivity contribution in [3.8, 4) is 0 Å². The van der Waals surface area contributed by atoms with E-state index in [-0.39, 0.29) is 34.1 Å². The van der Waals surface area contributed by atoms with E-state index in [2.05, 4.69) is 17.5 Å². The third-order valence-corrected chi connectivity index (χ3v) is 1.53. The molecule has 0 aliphatic heterocycles. The Morgan fingerprint density at radius 1 is 1.33 bits per heavy atom. The maximum absolute atomic E-state index is 2.99. The fourth-order valence-electron chi connectivity index (χ4n) is 0.537. The maximum atomic E-state index is 2.99. The van der Waals surface area contributed by atoms with Crippen LogP contribution in [0.2, 0.25) is 0 Å². The topological polar surface area (TPSA) is 0 Å². The minimum atomic E-state index is 0. The molecular weight excluding hydrogens is 223 g/mol. The zero-order valence-electron chi connectivity index (χ0n) is 6.49. The van der Waals surface area contributed by atoms with E-state index < -0.39 is 0 Å². The van der Waals surface area contributed by atoms with E-state index >= 15 is 0 Å². The molecule has 1 aromatic rings. The van der Waals surface area contributed by atoms with Crippen LogP contribution in [0.4, 0.5) is 0 Å². The molecule has 0 bridgehead atoms. The summed E-state index contributed by atoms with van der Waals surface area (Å²) in [6, 6.07) is 3.86. The second-order valence-corrected chi connectivity index (χ2v) is 2.48. The van der Waals surface area contributed by atoms with Crippen molar-refractivity contribution < 1.29 is 21.7 Å². The molecule has 0 spiro atoms. The first kappa shape index (κ1) is 14.7. The van der Waals surface area contributed by atoms with Crippen molar-refractivity contribution in [1.82, 2.24) is 0 Å². The zero-order chi connectivity index (χ0) is 7.07. The number of rotatable bonds is 0. The Kier molecular flexibility index (Phi) is 13.7. The minimum Gasteiger partial charge on any atom is -0.304 e. The maximum Gasteiger partial charge on any atom is 2.00 e. The molecule has 0 N–H and O–H groups in total. The van der Waals surface area contributed by atoms with Gasteiger partial charge in [-0.05, 0) is 0 Å². The van der Waals surface area contributed by atoms with Crippen LogP contribution in [0.1, 0.15) is 6.42 Å². The summed E-state index contributed by atoms with van der Waals surface area (Å²) in [4.78, 5) is 0. The second kappa shape index (κ2) is 11.2. The first-order chi connectivity index (χ1) is 5.00. The molecule has 62 valence electrons. The summed E-state index contributed by atoms with van der Waals surface area (Å²) in [5.41, 5.74) is 0. The van der Waals surface area contributed by atoms with Gasteiger partial charge in [0, 0.05) is 0 Å². The molecule has 0 radical (unpaired) electrons. The van der Waals surface area contributed by atoms with Crippen molar-refractivity contribution in [2.24, 2.45) is 0 Å². The summed E-state index contributed by atoms with van der Waals surface area (Å²) in [5.74, 6) is 0. The third kappa shape index (κ3) is 8.28. The van der Waals surface area contributed by atoms with Gasteiger partial charge in [0.2, 0.25) is 0 Å². The van der Waals surface area contributed by atoms with E-state index in [0.29, 0.717) is 0 Å².